The Morgan fingerprint density at radius 1 is 1.50 bits per heavy atom. The smallest absolute Gasteiger partial charge is 0.250 e. The molecule has 1 aromatic heterocycles. The first-order valence-electron chi connectivity index (χ1n) is 5.57. The molecule has 0 spiro atoms. The van der Waals surface area contributed by atoms with Gasteiger partial charge in [-0.2, -0.15) is 5.26 Å². The van der Waals surface area contributed by atoms with Gasteiger partial charge in [-0.3, -0.25) is 0 Å². The van der Waals surface area contributed by atoms with Crippen LogP contribution in [0.4, 0.5) is 0 Å². The Bertz CT molecular complexity index is 515. The maximum Gasteiger partial charge on any atom is 0.250 e. The Morgan fingerprint density at radius 2 is 2.22 bits per heavy atom. The fraction of sp³-hybridized carbons (Fsp3) is 0.545. The molecule has 0 aromatic carbocycles. The Kier molecular flexibility index (Phi) is 5.75. The molecule has 0 saturated carbocycles. The summed E-state index contributed by atoms with van der Waals surface area (Å²) in [5.74, 6) is 0. The molecule has 100 valence electrons. The highest BCUT2D eigenvalue weighted by atomic mass is 32.2. The van der Waals surface area contributed by atoms with Crippen LogP contribution < -0.4 is 4.72 Å². The molecule has 0 aliphatic carbocycles. The number of nitrogens with zero attached hydrogens (tertiary/aromatic N) is 1. The second-order valence-electron chi connectivity index (χ2n) is 3.90. The predicted molar refractivity (Wildman–Crippen MR) is 69.9 cm³/mol. The maximum atomic E-state index is 11.8. The van der Waals surface area contributed by atoms with E-state index < -0.39 is 10.0 Å². The minimum atomic E-state index is -3.49. The lowest BCUT2D eigenvalue weighted by Crippen LogP contribution is -2.25. The van der Waals surface area contributed by atoms with Gasteiger partial charge in [0.05, 0.1) is 6.10 Å². The quantitative estimate of drug-likeness (QED) is 0.775. The highest BCUT2D eigenvalue weighted by Gasteiger charge is 2.15. The molecule has 7 heteroatoms. The monoisotopic (exact) mass is 288 g/mol. The van der Waals surface area contributed by atoms with Gasteiger partial charge >= 0.3 is 0 Å². The molecule has 5 nitrogen and oxygen atoms in total. The lowest BCUT2D eigenvalue weighted by Gasteiger charge is -2.07. The first-order valence-corrected chi connectivity index (χ1v) is 7.87. The topological polar surface area (TPSA) is 79.2 Å². The van der Waals surface area contributed by atoms with Gasteiger partial charge in [-0.1, -0.05) is 0 Å². The average Bonchev–Trinajstić information content (AvgIpc) is 2.77. The molecule has 1 N–H and O–H groups in total. The Labute approximate surface area is 111 Å². The predicted octanol–water partition coefficient (Wildman–Crippen LogP) is 1.71. The van der Waals surface area contributed by atoms with Crippen molar-refractivity contribution in [2.75, 3.05) is 13.2 Å². The molecule has 0 amide bonds. The van der Waals surface area contributed by atoms with E-state index >= 15 is 0 Å². The summed E-state index contributed by atoms with van der Waals surface area (Å²) in [6.07, 6.45) is 0.769. The van der Waals surface area contributed by atoms with Crippen molar-refractivity contribution in [2.45, 2.75) is 30.6 Å². The second kappa shape index (κ2) is 6.85. The fourth-order valence-electron chi connectivity index (χ4n) is 1.19. The minimum absolute atomic E-state index is 0.150. The largest absolute Gasteiger partial charge is 0.379 e. The van der Waals surface area contributed by atoms with Crippen LogP contribution in [0.25, 0.3) is 0 Å². The zero-order valence-corrected chi connectivity index (χ0v) is 12.0. The number of hydrogen-bond acceptors (Lipinski definition) is 5. The number of nitrogens with one attached hydrogen (secondary N) is 1. The number of thiophene rings is 1. The minimum Gasteiger partial charge on any atom is -0.379 e. The SMILES string of the molecule is CC(C)OCCCNS(=O)(=O)c1ccc(C#N)s1. The van der Waals surface area contributed by atoms with Crippen molar-refractivity contribution in [1.29, 1.82) is 5.26 Å². The first kappa shape index (κ1) is 15.1. The summed E-state index contributed by atoms with van der Waals surface area (Å²) in [4.78, 5) is 0.388. The molecular weight excluding hydrogens is 272 g/mol. The summed E-state index contributed by atoms with van der Waals surface area (Å²) < 4.78 is 31.6. The van der Waals surface area contributed by atoms with Gasteiger partial charge in [0.25, 0.3) is 0 Å². The number of sulfonamides is 1. The van der Waals surface area contributed by atoms with Gasteiger partial charge in [0.1, 0.15) is 15.2 Å². The summed E-state index contributed by atoms with van der Waals surface area (Å²) in [7, 11) is -3.49. The van der Waals surface area contributed by atoms with Crippen LogP contribution >= 0.6 is 11.3 Å². The molecule has 1 aromatic rings. The van der Waals surface area contributed by atoms with Gasteiger partial charge in [0.15, 0.2) is 0 Å². The zero-order chi connectivity index (χ0) is 13.6. The van der Waals surface area contributed by atoms with Crippen LogP contribution in [-0.4, -0.2) is 27.7 Å². The van der Waals surface area contributed by atoms with Crippen molar-refractivity contribution >= 4 is 21.4 Å². The standard InChI is InChI=1S/C11H16N2O3S2/c1-9(2)16-7-3-6-13-18(14,15)11-5-4-10(8-12)17-11/h4-5,9,13H,3,6-7H2,1-2H3. The van der Waals surface area contributed by atoms with E-state index in [9.17, 15) is 8.42 Å². The summed E-state index contributed by atoms with van der Waals surface area (Å²) in [5.41, 5.74) is 0. The van der Waals surface area contributed by atoms with E-state index in [1.807, 2.05) is 19.9 Å². The van der Waals surface area contributed by atoms with E-state index in [-0.39, 0.29) is 10.3 Å². The van der Waals surface area contributed by atoms with Crippen molar-refractivity contribution in [2.24, 2.45) is 0 Å². The number of hydrogen-bond donors (Lipinski definition) is 1. The number of nitriles is 1. The molecule has 0 aliphatic heterocycles. The van der Waals surface area contributed by atoms with E-state index in [0.717, 1.165) is 11.3 Å². The van der Waals surface area contributed by atoms with Crippen molar-refractivity contribution in [3.8, 4) is 6.07 Å². The van der Waals surface area contributed by atoms with Gasteiger partial charge in [0.2, 0.25) is 10.0 Å². The van der Waals surface area contributed by atoms with E-state index in [4.69, 9.17) is 10.00 Å². The van der Waals surface area contributed by atoms with E-state index in [2.05, 4.69) is 4.72 Å². The third-order valence-electron chi connectivity index (χ3n) is 2.02. The highest BCUT2D eigenvalue weighted by molar-refractivity contribution is 7.91. The molecule has 0 aliphatic rings. The summed E-state index contributed by atoms with van der Waals surface area (Å²) in [6, 6.07) is 4.86. The first-order chi connectivity index (χ1) is 8.45. The summed E-state index contributed by atoms with van der Waals surface area (Å²) >= 11 is 0.966. The molecule has 0 saturated heterocycles. The fourth-order valence-corrected chi connectivity index (χ4v) is 3.42. The van der Waals surface area contributed by atoms with Crippen LogP contribution in [0.3, 0.4) is 0 Å². The number of rotatable bonds is 7. The molecule has 0 atom stereocenters. The van der Waals surface area contributed by atoms with Crippen LogP contribution in [0.1, 0.15) is 25.1 Å². The van der Waals surface area contributed by atoms with Crippen LogP contribution in [0.15, 0.2) is 16.3 Å². The molecule has 1 rings (SSSR count). The van der Waals surface area contributed by atoms with Crippen LogP contribution in [-0.2, 0) is 14.8 Å². The molecule has 0 unspecified atom stereocenters. The van der Waals surface area contributed by atoms with Crippen molar-refractivity contribution in [3.63, 3.8) is 0 Å². The second-order valence-corrected chi connectivity index (χ2v) is 6.98. The third kappa shape index (κ3) is 4.74. The van der Waals surface area contributed by atoms with Gasteiger partial charge < -0.3 is 4.74 Å². The molecule has 0 fully saturated rings. The van der Waals surface area contributed by atoms with Gasteiger partial charge in [-0.05, 0) is 32.4 Å². The van der Waals surface area contributed by atoms with Crippen molar-refractivity contribution < 1.29 is 13.2 Å². The van der Waals surface area contributed by atoms with Crippen LogP contribution in [0.5, 0.6) is 0 Å². The molecule has 1 heterocycles. The highest BCUT2D eigenvalue weighted by Crippen LogP contribution is 2.20. The lowest BCUT2D eigenvalue weighted by atomic mass is 10.4. The third-order valence-corrected chi connectivity index (χ3v) is 4.96. The van der Waals surface area contributed by atoms with Crippen LogP contribution in [0, 0.1) is 11.3 Å². The van der Waals surface area contributed by atoms with Gasteiger partial charge in [0, 0.05) is 13.2 Å². The molecule has 18 heavy (non-hydrogen) atoms. The maximum absolute atomic E-state index is 11.8. The molecule has 0 bridgehead atoms. The Morgan fingerprint density at radius 3 is 2.78 bits per heavy atom. The average molecular weight is 288 g/mol. The summed E-state index contributed by atoms with van der Waals surface area (Å²) in [6.45, 7) is 4.71. The van der Waals surface area contributed by atoms with E-state index in [0.29, 0.717) is 24.4 Å². The van der Waals surface area contributed by atoms with Gasteiger partial charge in [-0.25, -0.2) is 13.1 Å². The lowest BCUT2D eigenvalue weighted by molar-refractivity contribution is 0.0778. The Balaban J connectivity index is 2.43. The van der Waals surface area contributed by atoms with E-state index in [1.54, 1.807) is 0 Å². The molecular formula is C11H16N2O3S2. The zero-order valence-electron chi connectivity index (χ0n) is 10.3. The summed E-state index contributed by atoms with van der Waals surface area (Å²) in [5, 5.41) is 8.64. The van der Waals surface area contributed by atoms with Crippen LogP contribution in [0.2, 0.25) is 0 Å². The van der Waals surface area contributed by atoms with Crippen molar-refractivity contribution in [3.05, 3.63) is 17.0 Å². The van der Waals surface area contributed by atoms with Gasteiger partial charge in [-0.15, -0.1) is 11.3 Å². The Hall–Kier alpha value is -0.940. The van der Waals surface area contributed by atoms with Crippen molar-refractivity contribution in [1.82, 2.24) is 4.72 Å². The molecule has 0 radical (unpaired) electrons. The van der Waals surface area contributed by atoms with E-state index in [1.165, 1.54) is 12.1 Å². The normalized spacial score (nSPS) is 11.7. The number of ether oxygens (including phenoxy) is 1.